The van der Waals surface area contributed by atoms with Crippen molar-refractivity contribution in [2.24, 2.45) is 5.92 Å². The minimum absolute atomic E-state index is 0.429. The maximum Gasteiger partial charge on any atom is 0.0469 e. The Bertz CT molecular complexity index is 306. The molecule has 15 heavy (non-hydrogen) atoms. The fourth-order valence-electron chi connectivity index (χ4n) is 1.93. The molecule has 2 rings (SSSR count). The molecule has 1 atom stereocenters. The molecule has 0 N–H and O–H groups in total. The van der Waals surface area contributed by atoms with Crippen molar-refractivity contribution in [2.45, 2.75) is 17.7 Å². The van der Waals surface area contributed by atoms with E-state index in [9.17, 15) is 0 Å². The molecule has 0 radical (unpaired) electrons. The Morgan fingerprint density at radius 3 is 2.40 bits per heavy atom. The first-order valence-corrected chi connectivity index (χ1v) is 6.54. The molecule has 1 heterocycles. The van der Waals surface area contributed by atoms with E-state index in [1.54, 1.807) is 0 Å². The molecule has 3 heteroatoms. The number of ether oxygens (including phenoxy) is 1. The Labute approximate surface area is 104 Å². The van der Waals surface area contributed by atoms with Crippen molar-refractivity contribution in [3.8, 4) is 0 Å². The molecule has 1 fully saturated rings. The smallest absolute Gasteiger partial charge is 0.0469 e. The maximum absolute atomic E-state index is 5.87. The number of hydrogen-bond donors (Lipinski definition) is 0. The number of benzene rings is 1. The molecule has 0 bridgehead atoms. The maximum atomic E-state index is 5.87. The first-order valence-electron chi connectivity index (χ1n) is 5.24. The predicted octanol–water partition coefficient (Wildman–Crippen LogP) is 4.20. The van der Waals surface area contributed by atoms with Crippen molar-refractivity contribution in [1.82, 2.24) is 0 Å². The molecule has 0 amide bonds. The monoisotopic (exact) mass is 288 g/mol. The molecule has 1 aliphatic rings. The zero-order valence-corrected chi connectivity index (χ0v) is 10.8. The molecular formula is C12H14BrClO. The van der Waals surface area contributed by atoms with Crippen LogP contribution in [0.25, 0.3) is 0 Å². The lowest BCUT2D eigenvalue weighted by molar-refractivity contribution is 0.0662. The number of rotatable bonds is 2. The van der Waals surface area contributed by atoms with Gasteiger partial charge in [0.25, 0.3) is 0 Å². The molecule has 0 saturated carbocycles. The first-order chi connectivity index (χ1) is 7.27. The van der Waals surface area contributed by atoms with Crippen molar-refractivity contribution in [3.05, 3.63) is 34.9 Å². The van der Waals surface area contributed by atoms with Gasteiger partial charge in [-0.3, -0.25) is 0 Å². The van der Waals surface area contributed by atoms with E-state index in [0.29, 0.717) is 10.7 Å². The lowest BCUT2D eigenvalue weighted by Crippen LogP contribution is -2.19. The number of hydrogen-bond acceptors (Lipinski definition) is 1. The van der Waals surface area contributed by atoms with Crippen LogP contribution in [0.15, 0.2) is 24.3 Å². The summed E-state index contributed by atoms with van der Waals surface area (Å²) in [7, 11) is 0. The Balaban J connectivity index is 2.05. The largest absolute Gasteiger partial charge is 0.381 e. The fourth-order valence-corrected chi connectivity index (χ4v) is 2.89. The van der Waals surface area contributed by atoms with Crippen LogP contribution in [0.3, 0.4) is 0 Å². The van der Waals surface area contributed by atoms with Crippen LogP contribution in [0.4, 0.5) is 0 Å². The zero-order chi connectivity index (χ0) is 10.7. The Kier molecular flexibility index (Phi) is 4.06. The predicted molar refractivity (Wildman–Crippen MR) is 66.7 cm³/mol. The third-order valence-corrected chi connectivity index (χ3v) is 4.40. The van der Waals surface area contributed by atoms with Crippen LogP contribution in [-0.4, -0.2) is 13.2 Å². The van der Waals surface area contributed by atoms with Crippen LogP contribution in [0, 0.1) is 5.92 Å². The number of alkyl halides is 1. The van der Waals surface area contributed by atoms with Crippen LogP contribution < -0.4 is 0 Å². The summed E-state index contributed by atoms with van der Waals surface area (Å²) in [5, 5.41) is 0.797. The summed E-state index contributed by atoms with van der Waals surface area (Å²) in [4.78, 5) is 0.429. The SMILES string of the molecule is Clc1ccc(C(Br)C2CCOCC2)cc1. The molecule has 1 nitrogen and oxygen atoms in total. The van der Waals surface area contributed by atoms with Crippen molar-refractivity contribution in [3.63, 3.8) is 0 Å². The van der Waals surface area contributed by atoms with Gasteiger partial charge in [0.1, 0.15) is 0 Å². The van der Waals surface area contributed by atoms with Gasteiger partial charge in [-0.25, -0.2) is 0 Å². The quantitative estimate of drug-likeness (QED) is 0.741. The van der Waals surface area contributed by atoms with E-state index < -0.39 is 0 Å². The van der Waals surface area contributed by atoms with Gasteiger partial charge in [0.05, 0.1) is 0 Å². The molecule has 0 aliphatic carbocycles. The second-order valence-electron chi connectivity index (χ2n) is 3.90. The second kappa shape index (κ2) is 5.33. The van der Waals surface area contributed by atoms with Crippen molar-refractivity contribution < 1.29 is 4.74 Å². The molecule has 1 saturated heterocycles. The lowest BCUT2D eigenvalue weighted by Gasteiger charge is -2.26. The fraction of sp³-hybridized carbons (Fsp3) is 0.500. The highest BCUT2D eigenvalue weighted by molar-refractivity contribution is 9.09. The van der Waals surface area contributed by atoms with E-state index in [-0.39, 0.29) is 0 Å². The van der Waals surface area contributed by atoms with E-state index in [1.807, 2.05) is 12.1 Å². The van der Waals surface area contributed by atoms with Crippen LogP contribution >= 0.6 is 27.5 Å². The van der Waals surface area contributed by atoms with Crippen molar-refractivity contribution >= 4 is 27.5 Å². The van der Waals surface area contributed by atoms with Gasteiger partial charge in [0.15, 0.2) is 0 Å². The van der Waals surface area contributed by atoms with E-state index >= 15 is 0 Å². The van der Waals surface area contributed by atoms with Gasteiger partial charge < -0.3 is 4.74 Å². The average Bonchev–Trinajstić information content (AvgIpc) is 2.30. The zero-order valence-electron chi connectivity index (χ0n) is 8.46. The van der Waals surface area contributed by atoms with Gasteiger partial charge in [-0.15, -0.1) is 0 Å². The Morgan fingerprint density at radius 1 is 1.20 bits per heavy atom. The van der Waals surface area contributed by atoms with E-state index in [2.05, 4.69) is 28.1 Å². The van der Waals surface area contributed by atoms with Crippen LogP contribution in [0.5, 0.6) is 0 Å². The van der Waals surface area contributed by atoms with Crippen molar-refractivity contribution in [2.75, 3.05) is 13.2 Å². The third kappa shape index (κ3) is 2.96. The van der Waals surface area contributed by atoms with E-state index in [4.69, 9.17) is 16.3 Å². The topological polar surface area (TPSA) is 9.23 Å². The van der Waals surface area contributed by atoms with Gasteiger partial charge in [0, 0.05) is 23.1 Å². The van der Waals surface area contributed by atoms with Crippen molar-refractivity contribution in [1.29, 1.82) is 0 Å². The van der Waals surface area contributed by atoms with Gasteiger partial charge in [-0.1, -0.05) is 39.7 Å². The molecular weight excluding hydrogens is 275 g/mol. The molecule has 1 aromatic rings. The molecule has 1 unspecified atom stereocenters. The van der Waals surface area contributed by atoms with E-state index in [0.717, 1.165) is 31.1 Å². The van der Waals surface area contributed by atoms with Gasteiger partial charge in [-0.2, -0.15) is 0 Å². The Hall–Kier alpha value is -0.0500. The van der Waals surface area contributed by atoms with Gasteiger partial charge in [0.2, 0.25) is 0 Å². The van der Waals surface area contributed by atoms with Gasteiger partial charge in [-0.05, 0) is 36.5 Å². The molecule has 1 aliphatic heterocycles. The second-order valence-corrected chi connectivity index (χ2v) is 5.33. The summed E-state index contributed by atoms with van der Waals surface area (Å²) in [6.07, 6.45) is 2.27. The highest BCUT2D eigenvalue weighted by Gasteiger charge is 2.22. The molecule has 0 spiro atoms. The molecule has 0 aromatic heterocycles. The highest BCUT2D eigenvalue weighted by Crippen LogP contribution is 2.37. The molecule has 82 valence electrons. The summed E-state index contributed by atoms with van der Waals surface area (Å²) < 4.78 is 5.36. The van der Waals surface area contributed by atoms with Crippen LogP contribution in [0.2, 0.25) is 5.02 Å². The normalized spacial score (nSPS) is 20.1. The minimum Gasteiger partial charge on any atom is -0.381 e. The summed E-state index contributed by atoms with van der Waals surface area (Å²) >= 11 is 9.64. The minimum atomic E-state index is 0.429. The standard InChI is InChI=1S/C12H14BrClO/c13-12(10-5-7-15-8-6-10)9-1-3-11(14)4-2-9/h1-4,10,12H,5-8H2. The number of halogens is 2. The third-order valence-electron chi connectivity index (χ3n) is 2.87. The summed E-state index contributed by atoms with van der Waals surface area (Å²) in [6, 6.07) is 8.09. The summed E-state index contributed by atoms with van der Waals surface area (Å²) in [5.74, 6) is 0.680. The van der Waals surface area contributed by atoms with Crippen LogP contribution in [-0.2, 0) is 4.74 Å². The highest BCUT2D eigenvalue weighted by atomic mass is 79.9. The molecule has 1 aromatic carbocycles. The Morgan fingerprint density at radius 2 is 1.80 bits per heavy atom. The van der Waals surface area contributed by atoms with Crippen LogP contribution in [0.1, 0.15) is 23.2 Å². The average molecular weight is 290 g/mol. The summed E-state index contributed by atoms with van der Waals surface area (Å²) in [5.41, 5.74) is 1.31. The first kappa shape index (κ1) is 11.4. The lowest BCUT2D eigenvalue weighted by atomic mass is 9.92. The van der Waals surface area contributed by atoms with Gasteiger partial charge >= 0.3 is 0 Å². The summed E-state index contributed by atoms with van der Waals surface area (Å²) in [6.45, 7) is 1.78. The van der Waals surface area contributed by atoms with E-state index in [1.165, 1.54) is 5.56 Å².